The molecule has 0 aliphatic carbocycles. The molecule has 0 amide bonds. The molecule has 0 saturated heterocycles. The highest BCUT2D eigenvalue weighted by Crippen LogP contribution is 2.29. The highest BCUT2D eigenvalue weighted by Gasteiger charge is 2.10. The molecule has 2 aromatic heterocycles. The largest absolute Gasteiger partial charge is 0.464 e. The van der Waals surface area contributed by atoms with Crippen molar-refractivity contribution in [1.82, 2.24) is 9.97 Å². The number of furan rings is 1. The Bertz CT molecular complexity index is 703. The third-order valence-corrected chi connectivity index (χ3v) is 2.83. The van der Waals surface area contributed by atoms with Crippen molar-refractivity contribution in [1.29, 1.82) is 0 Å². The lowest BCUT2D eigenvalue weighted by Crippen LogP contribution is -1.99. The number of fused-ring (bicyclic) bond motifs is 1. The third kappa shape index (κ3) is 1.72. The summed E-state index contributed by atoms with van der Waals surface area (Å²) in [6.45, 7) is 1.95. The van der Waals surface area contributed by atoms with E-state index >= 15 is 0 Å². The Labute approximate surface area is 105 Å². The Morgan fingerprint density at radius 1 is 1.17 bits per heavy atom. The van der Waals surface area contributed by atoms with E-state index in [0.29, 0.717) is 5.95 Å². The number of aryl methyl sites for hydroxylation is 1. The summed E-state index contributed by atoms with van der Waals surface area (Å²) in [6, 6.07) is 9.89. The number of para-hydroxylation sites is 1. The van der Waals surface area contributed by atoms with Crippen molar-refractivity contribution in [3.05, 3.63) is 42.3 Å². The van der Waals surface area contributed by atoms with E-state index in [0.717, 1.165) is 27.9 Å². The lowest BCUT2D eigenvalue weighted by Gasteiger charge is -2.03. The zero-order valence-corrected chi connectivity index (χ0v) is 10.3. The second kappa shape index (κ2) is 4.14. The molecule has 0 bridgehead atoms. The van der Waals surface area contributed by atoms with E-state index in [1.165, 1.54) is 0 Å². The van der Waals surface area contributed by atoms with E-state index in [-0.39, 0.29) is 0 Å². The molecular formula is C14H13N3O. The zero-order valence-electron chi connectivity index (χ0n) is 10.3. The summed E-state index contributed by atoms with van der Waals surface area (Å²) >= 11 is 0. The topological polar surface area (TPSA) is 51.0 Å². The molecule has 0 radical (unpaired) electrons. The van der Waals surface area contributed by atoms with Crippen molar-refractivity contribution in [2.24, 2.45) is 0 Å². The molecular weight excluding hydrogens is 226 g/mol. The maximum absolute atomic E-state index is 5.54. The van der Waals surface area contributed by atoms with Gasteiger partial charge < -0.3 is 9.73 Å². The number of nitrogens with one attached hydrogen (secondary N) is 1. The fourth-order valence-electron chi connectivity index (χ4n) is 1.99. The molecule has 1 aromatic carbocycles. The van der Waals surface area contributed by atoms with E-state index in [9.17, 15) is 0 Å². The second-order valence-corrected chi connectivity index (χ2v) is 4.11. The van der Waals surface area contributed by atoms with Crippen LogP contribution in [0.2, 0.25) is 0 Å². The first-order valence-corrected chi connectivity index (χ1v) is 5.78. The quantitative estimate of drug-likeness (QED) is 0.745. The molecule has 0 aliphatic heterocycles. The molecule has 4 heteroatoms. The number of benzene rings is 1. The van der Waals surface area contributed by atoms with E-state index < -0.39 is 0 Å². The number of aromatic nitrogens is 2. The standard InChI is InChI=1S/C14H13N3O/c1-9-7-12(17-14(15-2)16-9)11-8-18-13-6-4-3-5-10(11)13/h3-8H,1-2H3,(H,15,16,17). The first-order chi connectivity index (χ1) is 8.78. The van der Waals surface area contributed by atoms with Crippen molar-refractivity contribution in [2.75, 3.05) is 12.4 Å². The summed E-state index contributed by atoms with van der Waals surface area (Å²) in [7, 11) is 1.81. The van der Waals surface area contributed by atoms with Crippen LogP contribution in [0, 0.1) is 6.92 Å². The van der Waals surface area contributed by atoms with Crippen molar-refractivity contribution in [3.63, 3.8) is 0 Å². The lowest BCUT2D eigenvalue weighted by molar-refractivity contribution is 0.617. The summed E-state index contributed by atoms with van der Waals surface area (Å²) in [5.74, 6) is 0.621. The maximum atomic E-state index is 5.54. The van der Waals surface area contributed by atoms with Crippen LogP contribution in [-0.2, 0) is 0 Å². The van der Waals surface area contributed by atoms with Gasteiger partial charge in [0.15, 0.2) is 0 Å². The summed E-state index contributed by atoms with van der Waals surface area (Å²) in [6.07, 6.45) is 1.74. The minimum Gasteiger partial charge on any atom is -0.464 e. The Morgan fingerprint density at radius 2 is 2.00 bits per heavy atom. The van der Waals surface area contributed by atoms with E-state index in [1.54, 1.807) is 6.26 Å². The molecule has 3 aromatic rings. The summed E-state index contributed by atoms with van der Waals surface area (Å²) in [4.78, 5) is 8.75. The van der Waals surface area contributed by atoms with Crippen LogP contribution in [0.4, 0.5) is 5.95 Å². The number of hydrogen-bond acceptors (Lipinski definition) is 4. The monoisotopic (exact) mass is 239 g/mol. The Balaban J connectivity index is 2.22. The van der Waals surface area contributed by atoms with Crippen LogP contribution in [0.3, 0.4) is 0 Å². The van der Waals surface area contributed by atoms with Gasteiger partial charge in [-0.2, -0.15) is 0 Å². The van der Waals surface area contributed by atoms with E-state index in [2.05, 4.69) is 15.3 Å². The fourth-order valence-corrected chi connectivity index (χ4v) is 1.99. The van der Waals surface area contributed by atoms with Crippen molar-refractivity contribution >= 4 is 16.9 Å². The molecule has 4 nitrogen and oxygen atoms in total. The van der Waals surface area contributed by atoms with Gasteiger partial charge in [0.2, 0.25) is 5.95 Å². The average Bonchev–Trinajstić information content (AvgIpc) is 2.81. The molecule has 0 fully saturated rings. The van der Waals surface area contributed by atoms with Gasteiger partial charge in [0.05, 0.1) is 5.69 Å². The van der Waals surface area contributed by atoms with Gasteiger partial charge >= 0.3 is 0 Å². The molecule has 2 heterocycles. The van der Waals surface area contributed by atoms with Gasteiger partial charge in [-0.3, -0.25) is 0 Å². The van der Waals surface area contributed by atoms with Crippen molar-refractivity contribution in [2.45, 2.75) is 6.92 Å². The Morgan fingerprint density at radius 3 is 2.83 bits per heavy atom. The predicted molar refractivity (Wildman–Crippen MR) is 71.5 cm³/mol. The minimum absolute atomic E-state index is 0.621. The number of rotatable bonds is 2. The number of nitrogens with zero attached hydrogens (tertiary/aromatic N) is 2. The van der Waals surface area contributed by atoms with Gasteiger partial charge in [0.1, 0.15) is 11.8 Å². The van der Waals surface area contributed by atoms with Crippen molar-refractivity contribution in [3.8, 4) is 11.3 Å². The lowest BCUT2D eigenvalue weighted by atomic mass is 10.1. The Kier molecular flexibility index (Phi) is 2.48. The van der Waals surface area contributed by atoms with Crippen LogP contribution in [0.25, 0.3) is 22.2 Å². The van der Waals surface area contributed by atoms with E-state index in [4.69, 9.17) is 4.42 Å². The molecule has 18 heavy (non-hydrogen) atoms. The molecule has 0 saturated carbocycles. The molecule has 0 atom stereocenters. The normalized spacial score (nSPS) is 10.8. The van der Waals surface area contributed by atoms with Crippen LogP contribution in [0.15, 0.2) is 41.0 Å². The molecule has 3 rings (SSSR count). The second-order valence-electron chi connectivity index (χ2n) is 4.11. The molecule has 0 spiro atoms. The third-order valence-electron chi connectivity index (χ3n) is 2.83. The first kappa shape index (κ1) is 10.8. The van der Waals surface area contributed by atoms with Gasteiger partial charge in [-0.05, 0) is 19.1 Å². The summed E-state index contributed by atoms with van der Waals surface area (Å²) in [5.41, 5.74) is 3.66. The fraction of sp³-hybridized carbons (Fsp3) is 0.143. The molecule has 90 valence electrons. The summed E-state index contributed by atoms with van der Waals surface area (Å²) in [5, 5.41) is 4.03. The van der Waals surface area contributed by atoms with Crippen LogP contribution in [-0.4, -0.2) is 17.0 Å². The maximum Gasteiger partial charge on any atom is 0.223 e. The predicted octanol–water partition coefficient (Wildman–Crippen LogP) is 3.24. The van der Waals surface area contributed by atoms with Crippen molar-refractivity contribution < 1.29 is 4.42 Å². The zero-order chi connectivity index (χ0) is 12.5. The number of hydrogen-bond donors (Lipinski definition) is 1. The average molecular weight is 239 g/mol. The van der Waals surface area contributed by atoms with Gasteiger partial charge in [-0.1, -0.05) is 18.2 Å². The van der Waals surface area contributed by atoms with Gasteiger partial charge in [0, 0.05) is 23.7 Å². The van der Waals surface area contributed by atoms with Gasteiger partial charge in [-0.15, -0.1) is 0 Å². The van der Waals surface area contributed by atoms with E-state index in [1.807, 2.05) is 44.3 Å². The smallest absolute Gasteiger partial charge is 0.223 e. The highest BCUT2D eigenvalue weighted by molar-refractivity contribution is 5.92. The summed E-state index contributed by atoms with van der Waals surface area (Å²) < 4.78 is 5.54. The van der Waals surface area contributed by atoms with Crippen LogP contribution in [0.1, 0.15) is 5.69 Å². The van der Waals surface area contributed by atoms with Gasteiger partial charge in [0.25, 0.3) is 0 Å². The van der Waals surface area contributed by atoms with Crippen LogP contribution < -0.4 is 5.32 Å². The minimum atomic E-state index is 0.621. The van der Waals surface area contributed by atoms with Crippen LogP contribution >= 0.6 is 0 Å². The highest BCUT2D eigenvalue weighted by atomic mass is 16.3. The van der Waals surface area contributed by atoms with Crippen LogP contribution in [0.5, 0.6) is 0 Å². The van der Waals surface area contributed by atoms with Gasteiger partial charge in [-0.25, -0.2) is 9.97 Å². The first-order valence-electron chi connectivity index (χ1n) is 5.78. The Hall–Kier alpha value is -2.36. The SMILES string of the molecule is CNc1nc(C)cc(-c2coc3ccccc23)n1. The molecule has 1 N–H and O–H groups in total. The molecule has 0 unspecified atom stereocenters. The number of anilines is 1. The molecule has 0 aliphatic rings.